The number of rotatable bonds is 5. The largest absolute Gasteiger partial charge is 0.480 e. The first-order valence-corrected chi connectivity index (χ1v) is 7.01. The number of carbonyl (C=O) groups excluding carboxylic acids is 1. The number of hydrogen-bond acceptors (Lipinski definition) is 4. The highest BCUT2D eigenvalue weighted by atomic mass is 16.4. The molecule has 2 N–H and O–H groups in total. The Kier molecular flexibility index (Phi) is 4.70. The Hall–Kier alpha value is -1.92. The fourth-order valence-corrected chi connectivity index (χ4v) is 2.62. The van der Waals surface area contributed by atoms with Crippen LogP contribution in [0.3, 0.4) is 0 Å². The minimum Gasteiger partial charge on any atom is -0.480 e. The van der Waals surface area contributed by atoms with E-state index < -0.39 is 11.5 Å². The average Bonchev–Trinajstić information content (AvgIpc) is 2.82. The zero-order valence-corrected chi connectivity index (χ0v) is 11.4. The van der Waals surface area contributed by atoms with E-state index in [0.717, 1.165) is 25.7 Å². The Morgan fingerprint density at radius 3 is 2.50 bits per heavy atom. The maximum Gasteiger partial charge on any atom is 0.329 e. The van der Waals surface area contributed by atoms with E-state index >= 15 is 0 Å². The summed E-state index contributed by atoms with van der Waals surface area (Å²) in [5.74, 6) is -1.17. The van der Waals surface area contributed by atoms with E-state index in [1.54, 1.807) is 17.1 Å². The molecular weight excluding hydrogens is 260 g/mol. The SMILES string of the molecule is O=C(CCn1ccnn1)NC1(C(=O)O)CCCCCC1. The third-order valence-corrected chi connectivity index (χ3v) is 3.79. The van der Waals surface area contributed by atoms with Crippen molar-refractivity contribution in [1.82, 2.24) is 20.3 Å². The van der Waals surface area contributed by atoms with Crippen molar-refractivity contribution in [3.05, 3.63) is 12.4 Å². The molecule has 0 radical (unpaired) electrons. The van der Waals surface area contributed by atoms with E-state index in [1.165, 1.54) is 0 Å². The predicted octanol–water partition coefficient (Wildman–Crippen LogP) is 0.962. The number of aliphatic carboxylic acids is 1. The molecule has 1 aromatic rings. The van der Waals surface area contributed by atoms with Crippen LogP contribution in [0.15, 0.2) is 12.4 Å². The van der Waals surface area contributed by atoms with Crippen molar-refractivity contribution in [2.75, 3.05) is 0 Å². The number of carboxylic acid groups (broad SMARTS) is 1. The lowest BCUT2D eigenvalue weighted by Crippen LogP contribution is -2.54. The molecule has 1 saturated carbocycles. The van der Waals surface area contributed by atoms with Crippen LogP contribution in [0.4, 0.5) is 0 Å². The van der Waals surface area contributed by atoms with Crippen LogP contribution in [-0.2, 0) is 16.1 Å². The molecule has 1 fully saturated rings. The van der Waals surface area contributed by atoms with Gasteiger partial charge in [0.1, 0.15) is 5.54 Å². The third-order valence-electron chi connectivity index (χ3n) is 3.79. The smallest absolute Gasteiger partial charge is 0.329 e. The number of hydrogen-bond donors (Lipinski definition) is 2. The maximum absolute atomic E-state index is 12.0. The summed E-state index contributed by atoms with van der Waals surface area (Å²) in [6.45, 7) is 0.404. The van der Waals surface area contributed by atoms with Crippen molar-refractivity contribution in [3.63, 3.8) is 0 Å². The summed E-state index contributed by atoms with van der Waals surface area (Å²) in [7, 11) is 0. The molecule has 2 rings (SSSR count). The van der Waals surface area contributed by atoms with Gasteiger partial charge in [0.25, 0.3) is 0 Å². The molecule has 0 spiro atoms. The van der Waals surface area contributed by atoms with Gasteiger partial charge in [-0.25, -0.2) is 4.79 Å². The summed E-state index contributed by atoms with van der Waals surface area (Å²) >= 11 is 0. The van der Waals surface area contributed by atoms with Crippen LogP contribution >= 0.6 is 0 Å². The molecule has 1 aliphatic carbocycles. The number of nitrogens with zero attached hydrogens (tertiary/aromatic N) is 3. The van der Waals surface area contributed by atoms with E-state index in [1.807, 2.05) is 0 Å². The third kappa shape index (κ3) is 3.55. The zero-order chi connectivity index (χ0) is 14.4. The Labute approximate surface area is 117 Å². The molecule has 0 saturated heterocycles. The molecule has 1 aliphatic rings. The highest BCUT2D eigenvalue weighted by Crippen LogP contribution is 2.27. The Morgan fingerprint density at radius 2 is 1.95 bits per heavy atom. The number of aromatic nitrogens is 3. The molecule has 0 aliphatic heterocycles. The van der Waals surface area contributed by atoms with Crippen LogP contribution < -0.4 is 5.32 Å². The zero-order valence-electron chi connectivity index (χ0n) is 11.4. The lowest BCUT2D eigenvalue weighted by atomic mass is 9.90. The van der Waals surface area contributed by atoms with E-state index in [0.29, 0.717) is 19.4 Å². The number of nitrogens with one attached hydrogen (secondary N) is 1. The van der Waals surface area contributed by atoms with Crippen molar-refractivity contribution in [2.24, 2.45) is 0 Å². The first-order chi connectivity index (χ1) is 9.62. The quantitative estimate of drug-likeness (QED) is 0.783. The van der Waals surface area contributed by atoms with Crippen molar-refractivity contribution in [1.29, 1.82) is 0 Å². The molecule has 0 atom stereocenters. The summed E-state index contributed by atoms with van der Waals surface area (Å²) in [4.78, 5) is 23.5. The van der Waals surface area contributed by atoms with Crippen LogP contribution in [0.25, 0.3) is 0 Å². The van der Waals surface area contributed by atoms with Gasteiger partial charge < -0.3 is 10.4 Å². The van der Waals surface area contributed by atoms with E-state index in [9.17, 15) is 14.7 Å². The van der Waals surface area contributed by atoms with Gasteiger partial charge in [0, 0.05) is 12.6 Å². The number of carbonyl (C=O) groups is 2. The average molecular weight is 280 g/mol. The molecule has 0 bridgehead atoms. The van der Waals surface area contributed by atoms with Gasteiger partial charge in [0.05, 0.1) is 12.7 Å². The maximum atomic E-state index is 12.0. The van der Waals surface area contributed by atoms with Gasteiger partial charge in [0.2, 0.25) is 5.91 Å². The summed E-state index contributed by atoms with van der Waals surface area (Å²) in [6, 6.07) is 0. The van der Waals surface area contributed by atoms with Crippen LogP contribution in [-0.4, -0.2) is 37.5 Å². The predicted molar refractivity (Wildman–Crippen MR) is 70.9 cm³/mol. The summed E-state index contributed by atoms with van der Waals surface area (Å²) in [6.07, 6.45) is 8.19. The van der Waals surface area contributed by atoms with Gasteiger partial charge in [-0.15, -0.1) is 5.10 Å². The van der Waals surface area contributed by atoms with Gasteiger partial charge >= 0.3 is 5.97 Å². The van der Waals surface area contributed by atoms with Crippen molar-refractivity contribution < 1.29 is 14.7 Å². The van der Waals surface area contributed by atoms with E-state index in [4.69, 9.17) is 0 Å². The normalized spacial score (nSPS) is 18.2. The Balaban J connectivity index is 1.93. The minimum atomic E-state index is -1.09. The second-order valence-electron chi connectivity index (χ2n) is 5.27. The first-order valence-electron chi connectivity index (χ1n) is 7.01. The van der Waals surface area contributed by atoms with Crippen molar-refractivity contribution in [2.45, 2.75) is 57.0 Å². The molecule has 1 aromatic heterocycles. The second-order valence-corrected chi connectivity index (χ2v) is 5.27. The van der Waals surface area contributed by atoms with Crippen LogP contribution in [0.1, 0.15) is 44.9 Å². The molecule has 7 nitrogen and oxygen atoms in total. The Bertz CT molecular complexity index is 450. The standard InChI is InChI=1S/C13H20N4O3/c18-11(5-9-17-10-8-14-16-17)15-13(12(19)20)6-3-1-2-4-7-13/h8,10H,1-7,9H2,(H,15,18)(H,19,20). The van der Waals surface area contributed by atoms with Crippen LogP contribution in [0.5, 0.6) is 0 Å². The van der Waals surface area contributed by atoms with Gasteiger partial charge in [-0.1, -0.05) is 30.9 Å². The molecule has 1 amide bonds. The number of aryl methyl sites for hydroxylation is 1. The monoisotopic (exact) mass is 280 g/mol. The summed E-state index contributed by atoms with van der Waals surface area (Å²) in [5.41, 5.74) is -1.09. The molecule has 0 unspecified atom stereocenters. The molecular formula is C13H20N4O3. The van der Waals surface area contributed by atoms with Gasteiger partial charge in [-0.3, -0.25) is 9.48 Å². The lowest BCUT2D eigenvalue weighted by molar-refractivity contribution is -0.148. The molecule has 110 valence electrons. The summed E-state index contributed by atoms with van der Waals surface area (Å²) in [5, 5.41) is 19.6. The van der Waals surface area contributed by atoms with Crippen LogP contribution in [0, 0.1) is 0 Å². The topological polar surface area (TPSA) is 97.1 Å². The minimum absolute atomic E-state index is 0.207. The highest BCUT2D eigenvalue weighted by Gasteiger charge is 2.39. The second kappa shape index (κ2) is 6.49. The number of carboxylic acids is 1. The van der Waals surface area contributed by atoms with Gasteiger partial charge in [0.15, 0.2) is 0 Å². The molecule has 1 heterocycles. The molecule has 7 heteroatoms. The van der Waals surface area contributed by atoms with Crippen molar-refractivity contribution >= 4 is 11.9 Å². The van der Waals surface area contributed by atoms with Gasteiger partial charge in [-0.2, -0.15) is 0 Å². The highest BCUT2D eigenvalue weighted by molar-refractivity contribution is 5.87. The summed E-state index contributed by atoms with van der Waals surface area (Å²) < 4.78 is 1.56. The number of amides is 1. The lowest BCUT2D eigenvalue weighted by Gasteiger charge is -2.29. The van der Waals surface area contributed by atoms with E-state index in [2.05, 4.69) is 15.6 Å². The fourth-order valence-electron chi connectivity index (χ4n) is 2.62. The first kappa shape index (κ1) is 14.5. The molecule has 20 heavy (non-hydrogen) atoms. The van der Waals surface area contributed by atoms with Crippen LogP contribution in [0.2, 0.25) is 0 Å². The van der Waals surface area contributed by atoms with Crippen molar-refractivity contribution in [3.8, 4) is 0 Å². The van der Waals surface area contributed by atoms with E-state index in [-0.39, 0.29) is 12.3 Å². The Morgan fingerprint density at radius 1 is 1.25 bits per heavy atom. The molecule has 0 aromatic carbocycles. The fraction of sp³-hybridized carbons (Fsp3) is 0.692. The van der Waals surface area contributed by atoms with Gasteiger partial charge in [-0.05, 0) is 12.8 Å².